The number of rotatable bonds is 2. The molecule has 0 radical (unpaired) electrons. The molecule has 0 aliphatic heterocycles. The average Bonchev–Trinajstić information content (AvgIpc) is 2.22. The van der Waals surface area contributed by atoms with E-state index in [4.69, 9.17) is 15.3 Å². The summed E-state index contributed by atoms with van der Waals surface area (Å²) in [5, 5.41) is 25.2. The van der Waals surface area contributed by atoms with Gasteiger partial charge in [-0.2, -0.15) is 0 Å². The molecule has 0 aromatic heterocycles. The molecule has 0 unspecified atom stereocenters. The highest BCUT2D eigenvalue weighted by Gasteiger charge is 1.91. The number of aldehydes is 2. The van der Waals surface area contributed by atoms with Crippen LogP contribution in [0.2, 0.25) is 0 Å². The predicted molar refractivity (Wildman–Crippen MR) is 47.9 cm³/mol. The van der Waals surface area contributed by atoms with Crippen molar-refractivity contribution in [3.05, 3.63) is 24.3 Å². The molecule has 5 heteroatoms. The Labute approximate surface area is 80.2 Å². The zero-order chi connectivity index (χ0) is 11.0. The molecule has 1 rings (SSSR count). The van der Waals surface area contributed by atoms with Crippen molar-refractivity contribution in [3.63, 3.8) is 0 Å². The molecule has 0 saturated carbocycles. The van der Waals surface area contributed by atoms with Crippen LogP contribution < -0.4 is 0 Å². The number of phenolic OH excluding ortho intramolecular Hbond substituents is 2. The van der Waals surface area contributed by atoms with E-state index < -0.39 is 6.10 Å². The predicted octanol–water partition coefficient (Wildman–Crippen LogP) is -0.157. The first-order valence-corrected chi connectivity index (χ1v) is 3.66. The zero-order valence-electron chi connectivity index (χ0n) is 7.20. The molecular weight excluding hydrogens is 188 g/mol. The second-order valence-electron chi connectivity index (χ2n) is 2.28. The van der Waals surface area contributed by atoms with Crippen LogP contribution in [-0.4, -0.2) is 34.0 Å². The van der Waals surface area contributed by atoms with Crippen LogP contribution in [0.3, 0.4) is 0 Å². The number of hydrogen-bond acceptors (Lipinski definition) is 5. The van der Waals surface area contributed by atoms with Crippen molar-refractivity contribution < 1.29 is 24.9 Å². The quantitative estimate of drug-likeness (QED) is 0.349. The van der Waals surface area contributed by atoms with Crippen molar-refractivity contribution in [2.75, 3.05) is 0 Å². The average molecular weight is 198 g/mol. The fourth-order valence-corrected chi connectivity index (χ4v) is 0.485. The lowest BCUT2D eigenvalue weighted by Gasteiger charge is -1.88. The summed E-state index contributed by atoms with van der Waals surface area (Å²) in [5.74, 6) is 0.339. The van der Waals surface area contributed by atoms with Gasteiger partial charge in [-0.15, -0.1) is 0 Å². The molecule has 1 aromatic carbocycles. The van der Waals surface area contributed by atoms with Gasteiger partial charge in [0.1, 0.15) is 11.5 Å². The second kappa shape index (κ2) is 6.62. The third kappa shape index (κ3) is 5.73. The summed E-state index contributed by atoms with van der Waals surface area (Å²) in [5.41, 5.74) is 0. The lowest BCUT2D eigenvalue weighted by molar-refractivity contribution is -0.124. The largest absolute Gasteiger partial charge is 0.508 e. The molecule has 1 aromatic rings. The first kappa shape index (κ1) is 12.1. The van der Waals surface area contributed by atoms with Crippen molar-refractivity contribution >= 4 is 12.6 Å². The van der Waals surface area contributed by atoms with Crippen molar-refractivity contribution in [1.82, 2.24) is 0 Å². The number of phenols is 2. The SMILES string of the molecule is O=CC(O)C=O.Oc1ccc(O)cc1. The smallest absolute Gasteiger partial charge is 0.164 e. The van der Waals surface area contributed by atoms with Gasteiger partial charge in [-0.25, -0.2) is 0 Å². The summed E-state index contributed by atoms with van der Waals surface area (Å²) in [6.45, 7) is 0. The third-order valence-corrected chi connectivity index (χ3v) is 1.13. The van der Waals surface area contributed by atoms with Gasteiger partial charge < -0.3 is 15.3 Å². The molecule has 0 aliphatic rings. The molecule has 0 heterocycles. The van der Waals surface area contributed by atoms with Crippen molar-refractivity contribution in [3.8, 4) is 11.5 Å². The molecule has 0 bridgehead atoms. The van der Waals surface area contributed by atoms with Crippen LogP contribution in [0, 0.1) is 0 Å². The maximum atomic E-state index is 9.25. The third-order valence-electron chi connectivity index (χ3n) is 1.13. The number of carbonyl (C=O) groups is 2. The van der Waals surface area contributed by atoms with E-state index in [2.05, 4.69) is 0 Å². The Morgan fingerprint density at radius 1 is 0.929 bits per heavy atom. The summed E-state index contributed by atoms with van der Waals surface area (Å²) < 4.78 is 0. The van der Waals surface area contributed by atoms with Gasteiger partial charge in [0.05, 0.1) is 0 Å². The Hall–Kier alpha value is -1.88. The Bertz CT molecular complexity index is 251. The normalized spacial score (nSPS) is 8.71. The number of aromatic hydroxyl groups is 2. The molecule has 0 saturated heterocycles. The van der Waals surface area contributed by atoms with E-state index in [9.17, 15) is 9.59 Å². The fourth-order valence-electron chi connectivity index (χ4n) is 0.485. The minimum atomic E-state index is -1.43. The highest BCUT2D eigenvalue weighted by atomic mass is 16.3. The summed E-state index contributed by atoms with van der Waals surface area (Å²) in [7, 11) is 0. The first-order valence-electron chi connectivity index (χ1n) is 3.66. The maximum absolute atomic E-state index is 9.25. The summed E-state index contributed by atoms with van der Waals surface area (Å²) in [4.78, 5) is 18.5. The van der Waals surface area contributed by atoms with Crippen LogP contribution in [0.25, 0.3) is 0 Å². The van der Waals surface area contributed by atoms with Crippen molar-refractivity contribution in [1.29, 1.82) is 0 Å². The lowest BCUT2D eigenvalue weighted by Crippen LogP contribution is -2.07. The molecule has 5 nitrogen and oxygen atoms in total. The highest BCUT2D eigenvalue weighted by molar-refractivity contribution is 5.79. The van der Waals surface area contributed by atoms with Crippen LogP contribution in [-0.2, 0) is 9.59 Å². The van der Waals surface area contributed by atoms with Crippen molar-refractivity contribution in [2.45, 2.75) is 6.10 Å². The van der Waals surface area contributed by atoms with Crippen molar-refractivity contribution in [2.24, 2.45) is 0 Å². The molecule has 0 spiro atoms. The maximum Gasteiger partial charge on any atom is 0.164 e. The topological polar surface area (TPSA) is 94.8 Å². The highest BCUT2D eigenvalue weighted by Crippen LogP contribution is 2.13. The van der Waals surface area contributed by atoms with E-state index in [1.165, 1.54) is 24.3 Å². The summed E-state index contributed by atoms with van der Waals surface area (Å²) in [6, 6.07) is 5.70. The van der Waals surface area contributed by atoms with Gasteiger partial charge in [-0.1, -0.05) is 0 Å². The Kier molecular flexibility index (Phi) is 5.73. The van der Waals surface area contributed by atoms with Gasteiger partial charge in [-0.05, 0) is 24.3 Å². The molecule has 0 amide bonds. The van der Waals surface area contributed by atoms with Gasteiger partial charge in [-0.3, -0.25) is 9.59 Å². The Morgan fingerprint density at radius 3 is 1.36 bits per heavy atom. The minimum absolute atomic E-state index is 0.160. The van der Waals surface area contributed by atoms with Crippen LogP contribution in [0.4, 0.5) is 0 Å². The van der Waals surface area contributed by atoms with E-state index in [1.54, 1.807) is 0 Å². The van der Waals surface area contributed by atoms with E-state index in [1.807, 2.05) is 0 Å². The summed E-state index contributed by atoms with van der Waals surface area (Å²) in [6.07, 6.45) is -1.11. The Balaban J connectivity index is 0.000000255. The number of hydrogen-bond donors (Lipinski definition) is 3. The summed E-state index contributed by atoms with van der Waals surface area (Å²) >= 11 is 0. The van der Waals surface area contributed by atoms with E-state index in [-0.39, 0.29) is 24.1 Å². The van der Waals surface area contributed by atoms with Gasteiger partial charge in [0.25, 0.3) is 0 Å². The first-order chi connectivity index (χ1) is 6.60. The van der Waals surface area contributed by atoms with Gasteiger partial charge >= 0.3 is 0 Å². The van der Waals surface area contributed by atoms with Crippen LogP contribution in [0.5, 0.6) is 11.5 Å². The molecule has 76 valence electrons. The standard InChI is InChI=1S/C6H6O2.C3H4O3/c7-5-1-2-6(8)4-3-5;4-1-3(6)2-5/h1-4,7-8H;1-3,6H. The number of aliphatic hydroxyl groups is 1. The minimum Gasteiger partial charge on any atom is -0.508 e. The van der Waals surface area contributed by atoms with E-state index in [0.29, 0.717) is 0 Å². The Morgan fingerprint density at radius 2 is 1.21 bits per heavy atom. The molecule has 14 heavy (non-hydrogen) atoms. The van der Waals surface area contributed by atoms with Crippen LogP contribution >= 0.6 is 0 Å². The second-order valence-corrected chi connectivity index (χ2v) is 2.28. The molecule has 3 N–H and O–H groups in total. The molecule has 0 aliphatic carbocycles. The molecule has 0 atom stereocenters. The number of benzene rings is 1. The van der Waals surface area contributed by atoms with Gasteiger partial charge in [0.2, 0.25) is 0 Å². The molecular formula is C9H10O5. The van der Waals surface area contributed by atoms with E-state index >= 15 is 0 Å². The number of carbonyl (C=O) groups excluding carboxylic acids is 2. The van der Waals surface area contributed by atoms with Crippen LogP contribution in [0.1, 0.15) is 0 Å². The van der Waals surface area contributed by atoms with Gasteiger partial charge in [0, 0.05) is 0 Å². The monoisotopic (exact) mass is 198 g/mol. The fraction of sp³-hybridized carbons (Fsp3) is 0.111. The zero-order valence-corrected chi connectivity index (χ0v) is 7.20. The van der Waals surface area contributed by atoms with Crippen LogP contribution in [0.15, 0.2) is 24.3 Å². The molecule has 0 fully saturated rings. The number of aliphatic hydroxyl groups excluding tert-OH is 1. The lowest BCUT2D eigenvalue weighted by atomic mass is 10.3. The van der Waals surface area contributed by atoms with Gasteiger partial charge in [0.15, 0.2) is 18.7 Å². The van der Waals surface area contributed by atoms with E-state index in [0.717, 1.165) is 0 Å².